The number of ether oxygens (including phenoxy) is 1. The summed E-state index contributed by atoms with van der Waals surface area (Å²) in [6.07, 6.45) is 4.91. The molecule has 3 heterocycles. The number of rotatable bonds is 4. The lowest BCUT2D eigenvalue weighted by molar-refractivity contribution is -0.132. The number of aryl methyl sites for hydroxylation is 1. The largest absolute Gasteiger partial charge is 0.495 e. The first kappa shape index (κ1) is 20.9. The molecular weight excluding hydrogens is 400 g/mol. The number of carboxylic acid groups (broad SMARTS) is 1. The number of piperidine rings is 1. The Labute approximate surface area is 180 Å². The average molecular weight is 426 g/mol. The molecule has 2 saturated heterocycles. The first-order valence-electron chi connectivity index (χ1n) is 10.2. The van der Waals surface area contributed by atoms with E-state index in [1.54, 1.807) is 18.3 Å². The van der Waals surface area contributed by atoms with Gasteiger partial charge < -0.3 is 29.3 Å². The summed E-state index contributed by atoms with van der Waals surface area (Å²) >= 11 is 0. The highest BCUT2D eigenvalue weighted by Gasteiger charge is 2.41. The maximum absolute atomic E-state index is 13.1. The maximum atomic E-state index is 13.1. The van der Waals surface area contributed by atoms with Crippen LogP contribution in [0, 0.1) is 6.92 Å². The normalized spacial score (nSPS) is 22.9. The van der Waals surface area contributed by atoms with Gasteiger partial charge in [-0.3, -0.25) is 4.79 Å². The number of methoxy groups -OCH3 is 1. The third-order valence-electron chi connectivity index (χ3n) is 5.85. The van der Waals surface area contributed by atoms with E-state index < -0.39 is 18.2 Å². The minimum absolute atomic E-state index is 0.0230. The van der Waals surface area contributed by atoms with Gasteiger partial charge in [0.05, 0.1) is 43.5 Å². The van der Waals surface area contributed by atoms with Gasteiger partial charge in [0.15, 0.2) is 0 Å². The molecule has 0 unspecified atom stereocenters. The van der Waals surface area contributed by atoms with Gasteiger partial charge in [0.1, 0.15) is 5.75 Å². The third-order valence-corrected chi connectivity index (χ3v) is 5.85. The highest BCUT2D eigenvalue weighted by Crippen LogP contribution is 2.29. The Kier molecular flexibility index (Phi) is 5.69. The second kappa shape index (κ2) is 8.43. The molecule has 0 saturated carbocycles. The molecule has 31 heavy (non-hydrogen) atoms. The van der Waals surface area contributed by atoms with Crippen LogP contribution in [-0.2, 0) is 4.79 Å². The van der Waals surface area contributed by atoms with E-state index in [0.29, 0.717) is 24.3 Å². The zero-order valence-electron chi connectivity index (χ0n) is 17.6. The van der Waals surface area contributed by atoms with Crippen molar-refractivity contribution in [3.8, 4) is 11.4 Å². The number of hydrogen-bond acceptors (Lipinski definition) is 5. The Hall–Kier alpha value is -3.33. The van der Waals surface area contributed by atoms with Crippen LogP contribution in [0.25, 0.3) is 11.8 Å². The third kappa shape index (κ3) is 4.13. The molecule has 1 aromatic heterocycles. The molecule has 2 fully saturated rings. The van der Waals surface area contributed by atoms with Gasteiger partial charge in [-0.05, 0) is 43.5 Å². The molecule has 0 aliphatic carbocycles. The van der Waals surface area contributed by atoms with Crippen LogP contribution in [0.2, 0.25) is 0 Å². The summed E-state index contributed by atoms with van der Waals surface area (Å²) in [5, 5.41) is 19.5. The summed E-state index contributed by atoms with van der Waals surface area (Å²) in [5.74, 6) is 0.506. The van der Waals surface area contributed by atoms with Crippen molar-refractivity contribution in [3.05, 3.63) is 47.6 Å². The van der Waals surface area contributed by atoms with Gasteiger partial charge in [0.25, 0.3) is 0 Å². The van der Waals surface area contributed by atoms with E-state index in [2.05, 4.69) is 4.98 Å². The van der Waals surface area contributed by atoms with E-state index in [4.69, 9.17) is 4.74 Å². The van der Waals surface area contributed by atoms with E-state index in [9.17, 15) is 19.8 Å². The fraction of sp³-hybridized carbons (Fsp3) is 0.409. The molecule has 0 spiro atoms. The number of aliphatic hydroxyl groups excluding tert-OH is 1. The van der Waals surface area contributed by atoms with Gasteiger partial charge in [-0.15, -0.1) is 0 Å². The fourth-order valence-corrected chi connectivity index (χ4v) is 4.27. The second-order valence-electron chi connectivity index (χ2n) is 7.95. The number of imidazole rings is 1. The van der Waals surface area contributed by atoms with E-state index >= 15 is 0 Å². The molecular formula is C22H26N4O5. The standard InChI is InChI=1S/C22H26N4O5/c1-14-10-25(13-23-14)17-6-5-15(9-20(17)31-2)8-16-4-3-7-26(21(16)28)18-11-24(22(29)30)12-19(18)27/h5-6,8-10,13,18-19,27H,3-4,7,11-12H2,1-2H3,(H,29,30)/t18-,19-/m0/s1. The van der Waals surface area contributed by atoms with E-state index in [-0.39, 0.29) is 19.0 Å². The molecule has 2 N–H and O–H groups in total. The van der Waals surface area contributed by atoms with Crippen molar-refractivity contribution < 1.29 is 24.5 Å². The van der Waals surface area contributed by atoms with Crippen LogP contribution in [0.15, 0.2) is 36.3 Å². The topological polar surface area (TPSA) is 108 Å². The van der Waals surface area contributed by atoms with Crippen molar-refractivity contribution in [1.82, 2.24) is 19.4 Å². The van der Waals surface area contributed by atoms with E-state index in [0.717, 1.165) is 28.3 Å². The molecule has 1 aromatic carbocycles. The number of aromatic nitrogens is 2. The number of hydrogen-bond donors (Lipinski definition) is 2. The van der Waals surface area contributed by atoms with Gasteiger partial charge in [-0.1, -0.05) is 6.07 Å². The summed E-state index contributed by atoms with van der Waals surface area (Å²) in [5.41, 5.74) is 3.23. The molecule has 9 nitrogen and oxygen atoms in total. The van der Waals surface area contributed by atoms with Gasteiger partial charge in [0.2, 0.25) is 5.91 Å². The van der Waals surface area contributed by atoms with Crippen LogP contribution < -0.4 is 4.74 Å². The number of amides is 2. The Morgan fingerprint density at radius 3 is 2.77 bits per heavy atom. The molecule has 164 valence electrons. The van der Waals surface area contributed by atoms with Crippen LogP contribution in [0.4, 0.5) is 4.79 Å². The molecule has 2 aromatic rings. The molecule has 0 bridgehead atoms. The molecule has 2 aliphatic heterocycles. The Bertz CT molecular complexity index is 1030. The second-order valence-corrected chi connectivity index (χ2v) is 7.95. The number of nitrogens with zero attached hydrogens (tertiary/aromatic N) is 4. The van der Waals surface area contributed by atoms with Gasteiger partial charge >= 0.3 is 6.09 Å². The van der Waals surface area contributed by atoms with Gasteiger partial charge in [-0.25, -0.2) is 9.78 Å². The lowest BCUT2D eigenvalue weighted by Crippen LogP contribution is -2.49. The van der Waals surface area contributed by atoms with Gasteiger partial charge in [-0.2, -0.15) is 0 Å². The zero-order valence-corrected chi connectivity index (χ0v) is 17.6. The van der Waals surface area contributed by atoms with E-state index in [1.165, 1.54) is 0 Å². The van der Waals surface area contributed by atoms with Crippen molar-refractivity contribution >= 4 is 18.1 Å². The zero-order chi connectivity index (χ0) is 22.1. The number of carbonyl (C=O) groups excluding carboxylic acids is 1. The summed E-state index contributed by atoms with van der Waals surface area (Å²) in [4.78, 5) is 31.4. The van der Waals surface area contributed by atoms with Crippen molar-refractivity contribution in [2.45, 2.75) is 31.9 Å². The fourth-order valence-electron chi connectivity index (χ4n) is 4.27. The summed E-state index contributed by atoms with van der Waals surface area (Å²) in [6, 6.07) is 5.19. The van der Waals surface area contributed by atoms with Crippen LogP contribution in [0.1, 0.15) is 24.1 Å². The van der Waals surface area contributed by atoms with Crippen LogP contribution in [-0.4, -0.2) is 80.5 Å². The molecule has 2 atom stereocenters. The SMILES string of the molecule is COc1cc(C=C2CCCN([C@H]3CN(C(=O)O)C[C@@H]3O)C2=O)ccc1-n1cnc(C)c1. The molecule has 2 amide bonds. The predicted octanol–water partition coefficient (Wildman–Crippen LogP) is 1.92. The smallest absolute Gasteiger partial charge is 0.407 e. The number of carbonyl (C=O) groups is 2. The number of benzene rings is 1. The van der Waals surface area contributed by atoms with Crippen molar-refractivity contribution in [2.24, 2.45) is 0 Å². The summed E-state index contributed by atoms with van der Waals surface area (Å²) in [7, 11) is 1.60. The number of β-amino-alcohol motifs (C(OH)–C–C–N with tert-alkyl or cyclic N) is 1. The average Bonchev–Trinajstić information content (AvgIpc) is 3.35. The highest BCUT2D eigenvalue weighted by molar-refractivity contribution is 5.99. The van der Waals surface area contributed by atoms with Crippen LogP contribution in [0.3, 0.4) is 0 Å². The monoisotopic (exact) mass is 426 g/mol. The first-order valence-corrected chi connectivity index (χ1v) is 10.2. The van der Waals surface area contributed by atoms with Crippen LogP contribution >= 0.6 is 0 Å². The van der Waals surface area contributed by atoms with Crippen molar-refractivity contribution in [1.29, 1.82) is 0 Å². The highest BCUT2D eigenvalue weighted by atomic mass is 16.5. The lowest BCUT2D eigenvalue weighted by Gasteiger charge is -2.34. The lowest BCUT2D eigenvalue weighted by atomic mass is 9.98. The number of likely N-dealkylation sites (tertiary alicyclic amines) is 2. The van der Waals surface area contributed by atoms with Gasteiger partial charge in [0, 0.05) is 24.9 Å². The Morgan fingerprint density at radius 1 is 1.32 bits per heavy atom. The number of aliphatic hydroxyl groups is 1. The van der Waals surface area contributed by atoms with Crippen LogP contribution in [0.5, 0.6) is 5.75 Å². The maximum Gasteiger partial charge on any atom is 0.407 e. The minimum Gasteiger partial charge on any atom is -0.495 e. The summed E-state index contributed by atoms with van der Waals surface area (Å²) in [6.45, 7) is 2.57. The molecule has 0 radical (unpaired) electrons. The quantitative estimate of drug-likeness (QED) is 0.723. The van der Waals surface area contributed by atoms with E-state index in [1.807, 2.05) is 42.0 Å². The molecule has 2 aliphatic rings. The Balaban J connectivity index is 1.57. The van der Waals surface area contributed by atoms with Crippen molar-refractivity contribution in [3.63, 3.8) is 0 Å². The Morgan fingerprint density at radius 2 is 2.13 bits per heavy atom. The predicted molar refractivity (Wildman–Crippen MR) is 113 cm³/mol. The first-order chi connectivity index (χ1) is 14.9. The summed E-state index contributed by atoms with van der Waals surface area (Å²) < 4.78 is 7.43. The molecule has 9 heteroatoms. The minimum atomic E-state index is -1.08. The molecule has 4 rings (SSSR count). The van der Waals surface area contributed by atoms with Crippen molar-refractivity contribution in [2.75, 3.05) is 26.7 Å².